The molecule has 0 aliphatic rings. The lowest BCUT2D eigenvalue weighted by Gasteiger charge is -2.30. The molecule has 0 heterocycles. The molecular formula is C7H17NO2. The molecule has 0 bridgehead atoms. The Balaban J connectivity index is 3.97. The van der Waals surface area contributed by atoms with E-state index in [2.05, 4.69) is 0 Å². The van der Waals surface area contributed by atoms with Crippen LogP contribution in [0.5, 0.6) is 0 Å². The molecule has 62 valence electrons. The van der Waals surface area contributed by atoms with Gasteiger partial charge in [-0.15, -0.1) is 0 Å². The second-order valence-electron chi connectivity index (χ2n) is 2.77. The van der Waals surface area contributed by atoms with Crippen LogP contribution in [0.25, 0.3) is 0 Å². The summed E-state index contributed by atoms with van der Waals surface area (Å²) in [6.07, 6.45) is -0.0301. The van der Waals surface area contributed by atoms with Crippen molar-refractivity contribution in [2.75, 3.05) is 20.8 Å². The van der Waals surface area contributed by atoms with Crippen LogP contribution in [0.2, 0.25) is 0 Å². The fraction of sp³-hybridized carbons (Fsp3) is 1.00. The highest BCUT2D eigenvalue weighted by molar-refractivity contribution is 4.80. The summed E-state index contributed by atoms with van der Waals surface area (Å²) in [5.74, 6) is 0. The van der Waals surface area contributed by atoms with Gasteiger partial charge in [0.15, 0.2) is 0 Å². The molecule has 0 radical (unpaired) electrons. The predicted octanol–water partition coefficient (Wildman–Crippen LogP) is 0.385. The lowest BCUT2D eigenvalue weighted by molar-refractivity contribution is -0.0897. The fourth-order valence-electron chi connectivity index (χ4n) is 0.795. The molecular weight excluding hydrogens is 130 g/mol. The molecule has 2 N–H and O–H groups in total. The minimum Gasteiger partial charge on any atom is -0.377 e. The van der Waals surface area contributed by atoms with Crippen LogP contribution >= 0.6 is 0 Å². The third-order valence-corrected chi connectivity index (χ3v) is 1.80. The Kier molecular flexibility index (Phi) is 3.86. The van der Waals surface area contributed by atoms with Crippen LogP contribution < -0.4 is 5.73 Å². The second kappa shape index (κ2) is 3.91. The third-order valence-electron chi connectivity index (χ3n) is 1.80. The van der Waals surface area contributed by atoms with Gasteiger partial charge >= 0.3 is 0 Å². The highest BCUT2D eigenvalue weighted by Crippen LogP contribution is 2.14. The summed E-state index contributed by atoms with van der Waals surface area (Å²) in [7, 11) is 3.29. The van der Waals surface area contributed by atoms with Gasteiger partial charge in [-0.2, -0.15) is 0 Å². The highest BCUT2D eigenvalue weighted by Gasteiger charge is 2.27. The van der Waals surface area contributed by atoms with Gasteiger partial charge in [0.1, 0.15) is 0 Å². The van der Waals surface area contributed by atoms with Gasteiger partial charge in [0.05, 0.1) is 11.7 Å². The van der Waals surface area contributed by atoms with Crippen LogP contribution in [-0.2, 0) is 9.47 Å². The van der Waals surface area contributed by atoms with Gasteiger partial charge in [0.2, 0.25) is 0 Å². The molecule has 0 aromatic heterocycles. The summed E-state index contributed by atoms with van der Waals surface area (Å²) < 4.78 is 10.3. The summed E-state index contributed by atoms with van der Waals surface area (Å²) >= 11 is 0. The number of ether oxygens (including phenoxy) is 2. The van der Waals surface area contributed by atoms with Gasteiger partial charge < -0.3 is 15.2 Å². The van der Waals surface area contributed by atoms with E-state index in [4.69, 9.17) is 15.2 Å². The quantitative estimate of drug-likeness (QED) is 0.625. The average Bonchev–Trinajstić information content (AvgIpc) is 1.90. The average molecular weight is 147 g/mol. The maximum atomic E-state index is 5.44. The van der Waals surface area contributed by atoms with E-state index in [1.54, 1.807) is 14.2 Å². The molecule has 0 fully saturated rings. The first-order chi connectivity index (χ1) is 4.58. The summed E-state index contributed by atoms with van der Waals surface area (Å²) in [5.41, 5.74) is 5.15. The van der Waals surface area contributed by atoms with Crippen molar-refractivity contribution >= 4 is 0 Å². The van der Waals surface area contributed by atoms with Crippen LogP contribution in [0.3, 0.4) is 0 Å². The first-order valence-corrected chi connectivity index (χ1v) is 3.36. The lowest BCUT2D eigenvalue weighted by atomic mass is 10.0. The molecule has 0 saturated carbocycles. The molecule has 1 unspecified atom stereocenters. The van der Waals surface area contributed by atoms with E-state index in [-0.39, 0.29) is 11.7 Å². The van der Waals surface area contributed by atoms with E-state index < -0.39 is 0 Å². The fourth-order valence-corrected chi connectivity index (χ4v) is 0.795. The summed E-state index contributed by atoms with van der Waals surface area (Å²) in [4.78, 5) is 0. The van der Waals surface area contributed by atoms with Crippen molar-refractivity contribution < 1.29 is 9.47 Å². The Labute approximate surface area is 62.5 Å². The van der Waals surface area contributed by atoms with Gasteiger partial charge in [0, 0.05) is 20.8 Å². The predicted molar refractivity (Wildman–Crippen MR) is 40.9 cm³/mol. The van der Waals surface area contributed by atoms with Crippen LogP contribution in [-0.4, -0.2) is 32.5 Å². The largest absolute Gasteiger partial charge is 0.377 e. The van der Waals surface area contributed by atoms with E-state index >= 15 is 0 Å². The van der Waals surface area contributed by atoms with Crippen LogP contribution in [0, 0.1) is 0 Å². The number of methoxy groups -OCH3 is 2. The molecule has 3 heteroatoms. The third kappa shape index (κ3) is 2.25. The molecule has 0 spiro atoms. The van der Waals surface area contributed by atoms with Crippen molar-refractivity contribution in [2.45, 2.75) is 25.6 Å². The van der Waals surface area contributed by atoms with Gasteiger partial charge in [-0.3, -0.25) is 0 Å². The zero-order valence-electron chi connectivity index (χ0n) is 7.18. The van der Waals surface area contributed by atoms with Gasteiger partial charge in [-0.1, -0.05) is 0 Å². The molecule has 10 heavy (non-hydrogen) atoms. The van der Waals surface area contributed by atoms with E-state index in [0.29, 0.717) is 6.54 Å². The summed E-state index contributed by atoms with van der Waals surface area (Å²) in [5, 5.41) is 0. The second-order valence-corrected chi connectivity index (χ2v) is 2.77. The van der Waals surface area contributed by atoms with Crippen molar-refractivity contribution in [1.29, 1.82) is 0 Å². The SMILES string of the molecule is COC(CN)C(C)(C)OC. The smallest absolute Gasteiger partial charge is 0.0976 e. The lowest BCUT2D eigenvalue weighted by Crippen LogP contribution is -2.44. The number of hydrogen-bond donors (Lipinski definition) is 1. The summed E-state index contributed by atoms with van der Waals surface area (Å²) in [6.45, 7) is 4.39. The molecule has 1 atom stereocenters. The van der Waals surface area contributed by atoms with E-state index in [1.807, 2.05) is 13.8 Å². The molecule has 0 saturated heterocycles. The van der Waals surface area contributed by atoms with Crippen molar-refractivity contribution in [3.8, 4) is 0 Å². The van der Waals surface area contributed by atoms with Crippen molar-refractivity contribution in [3.05, 3.63) is 0 Å². The topological polar surface area (TPSA) is 44.5 Å². The zero-order chi connectivity index (χ0) is 8.20. The Morgan fingerprint density at radius 2 is 1.90 bits per heavy atom. The monoisotopic (exact) mass is 147 g/mol. The Hall–Kier alpha value is -0.120. The highest BCUT2D eigenvalue weighted by atomic mass is 16.5. The van der Waals surface area contributed by atoms with Gasteiger partial charge in [-0.25, -0.2) is 0 Å². The van der Waals surface area contributed by atoms with E-state index in [9.17, 15) is 0 Å². The number of rotatable bonds is 4. The van der Waals surface area contributed by atoms with Crippen molar-refractivity contribution in [1.82, 2.24) is 0 Å². The first kappa shape index (κ1) is 9.88. The Bertz CT molecular complexity index is 89.6. The Morgan fingerprint density at radius 3 is 2.00 bits per heavy atom. The van der Waals surface area contributed by atoms with Gasteiger partial charge in [-0.05, 0) is 13.8 Å². The normalized spacial score (nSPS) is 15.3. The standard InChI is InChI=1S/C7H17NO2/c1-7(2,10-4)6(5-8)9-3/h6H,5,8H2,1-4H3. The first-order valence-electron chi connectivity index (χ1n) is 3.36. The van der Waals surface area contributed by atoms with E-state index in [0.717, 1.165) is 0 Å². The molecule has 0 amide bonds. The maximum Gasteiger partial charge on any atom is 0.0976 e. The minimum atomic E-state index is -0.288. The van der Waals surface area contributed by atoms with Crippen LogP contribution in [0.15, 0.2) is 0 Å². The van der Waals surface area contributed by atoms with Crippen molar-refractivity contribution in [2.24, 2.45) is 5.73 Å². The molecule has 0 aliphatic carbocycles. The molecule has 0 aliphatic heterocycles. The van der Waals surface area contributed by atoms with Crippen molar-refractivity contribution in [3.63, 3.8) is 0 Å². The van der Waals surface area contributed by atoms with Crippen LogP contribution in [0.4, 0.5) is 0 Å². The Morgan fingerprint density at radius 1 is 1.40 bits per heavy atom. The van der Waals surface area contributed by atoms with Gasteiger partial charge in [0.25, 0.3) is 0 Å². The number of hydrogen-bond acceptors (Lipinski definition) is 3. The molecule has 0 rings (SSSR count). The molecule has 0 aromatic rings. The minimum absolute atomic E-state index is 0.0301. The maximum absolute atomic E-state index is 5.44. The zero-order valence-corrected chi connectivity index (χ0v) is 7.18. The summed E-state index contributed by atoms with van der Waals surface area (Å²) in [6, 6.07) is 0. The van der Waals surface area contributed by atoms with E-state index in [1.165, 1.54) is 0 Å². The molecule has 0 aromatic carbocycles. The number of nitrogens with two attached hydrogens (primary N) is 1. The van der Waals surface area contributed by atoms with Crippen LogP contribution in [0.1, 0.15) is 13.8 Å². The molecule has 3 nitrogen and oxygen atoms in total.